The van der Waals surface area contributed by atoms with Gasteiger partial charge in [-0.15, -0.1) is 0 Å². The highest BCUT2D eigenvalue weighted by atomic mass is 16.5. The van der Waals surface area contributed by atoms with Crippen molar-refractivity contribution in [3.05, 3.63) is 46.3 Å². The summed E-state index contributed by atoms with van der Waals surface area (Å²) in [5, 5.41) is 12.3. The van der Waals surface area contributed by atoms with E-state index in [1.807, 2.05) is 13.0 Å². The number of aryl methyl sites for hydroxylation is 1. The highest BCUT2D eigenvalue weighted by Gasteiger charge is 2.29. The minimum absolute atomic E-state index is 0.117. The van der Waals surface area contributed by atoms with E-state index in [9.17, 15) is 19.6 Å². The highest BCUT2D eigenvalue weighted by Crippen LogP contribution is 2.29. The van der Waals surface area contributed by atoms with Crippen molar-refractivity contribution in [2.75, 3.05) is 44.1 Å². The van der Waals surface area contributed by atoms with E-state index < -0.39 is 12.1 Å². The molecule has 1 fully saturated rings. The van der Waals surface area contributed by atoms with Gasteiger partial charge in [0.2, 0.25) is 0 Å². The van der Waals surface area contributed by atoms with Crippen molar-refractivity contribution in [1.29, 1.82) is 5.26 Å². The van der Waals surface area contributed by atoms with E-state index in [0.29, 0.717) is 74.5 Å². The number of nitrogens with zero attached hydrogens (tertiary/aromatic N) is 5. The average molecular weight is 535 g/mol. The Morgan fingerprint density at radius 1 is 1.36 bits per heavy atom. The maximum absolute atomic E-state index is 13.3. The van der Waals surface area contributed by atoms with Gasteiger partial charge in [0.25, 0.3) is 5.91 Å². The predicted molar refractivity (Wildman–Crippen MR) is 143 cm³/mol. The molecule has 11 nitrogen and oxygen atoms in total. The molecule has 2 aromatic rings. The van der Waals surface area contributed by atoms with Gasteiger partial charge in [0, 0.05) is 52.2 Å². The first-order chi connectivity index (χ1) is 18.8. The summed E-state index contributed by atoms with van der Waals surface area (Å²) < 4.78 is 10.7. The van der Waals surface area contributed by atoms with Crippen LogP contribution in [0.2, 0.25) is 0 Å². The quantitative estimate of drug-likeness (QED) is 0.485. The highest BCUT2D eigenvalue weighted by molar-refractivity contribution is 6.01. The van der Waals surface area contributed by atoms with Gasteiger partial charge in [-0.1, -0.05) is 6.92 Å². The molecule has 39 heavy (non-hydrogen) atoms. The van der Waals surface area contributed by atoms with Gasteiger partial charge in [-0.25, -0.2) is 14.8 Å². The van der Waals surface area contributed by atoms with Crippen LogP contribution in [-0.4, -0.2) is 73.1 Å². The Balaban J connectivity index is 1.52. The van der Waals surface area contributed by atoms with Crippen molar-refractivity contribution < 1.29 is 23.9 Å². The number of likely N-dealkylation sites (N-methyl/N-ethyl adjacent to an activating group) is 1. The minimum atomic E-state index is -0.445. The molecule has 2 atom stereocenters. The Kier molecular flexibility index (Phi) is 9.22. The molecule has 11 heteroatoms. The first-order valence-corrected chi connectivity index (χ1v) is 13.2. The molecule has 0 radical (unpaired) electrons. The summed E-state index contributed by atoms with van der Waals surface area (Å²) in [5.74, 6) is 0.809. The number of ether oxygens (including phenoxy) is 2. The fraction of sp³-hybridized carbons (Fsp3) is 0.500. The van der Waals surface area contributed by atoms with Crippen molar-refractivity contribution in [2.45, 2.75) is 51.7 Å². The maximum Gasteiger partial charge on any atom is 0.328 e. The van der Waals surface area contributed by atoms with E-state index in [-0.39, 0.29) is 24.1 Å². The number of nitriles is 1. The second kappa shape index (κ2) is 12.8. The zero-order valence-corrected chi connectivity index (χ0v) is 22.6. The van der Waals surface area contributed by atoms with Crippen molar-refractivity contribution in [2.24, 2.45) is 5.92 Å². The van der Waals surface area contributed by atoms with Crippen LogP contribution in [0.25, 0.3) is 0 Å². The lowest BCUT2D eigenvalue weighted by Crippen LogP contribution is -2.40. The Labute approximate surface area is 228 Å². The number of amides is 3. The molecule has 0 aliphatic carbocycles. The molecular formula is C28H34N6O5. The van der Waals surface area contributed by atoms with Crippen molar-refractivity contribution >= 4 is 29.9 Å². The fourth-order valence-electron chi connectivity index (χ4n) is 5.07. The molecule has 206 valence electrons. The van der Waals surface area contributed by atoms with Crippen LogP contribution in [0, 0.1) is 17.2 Å². The molecule has 1 saturated heterocycles. The predicted octanol–water partition coefficient (Wildman–Crippen LogP) is 3.11. The summed E-state index contributed by atoms with van der Waals surface area (Å²) in [6, 6.07) is 5.30. The van der Waals surface area contributed by atoms with Gasteiger partial charge in [0.15, 0.2) is 6.29 Å². The average Bonchev–Trinajstić information content (AvgIpc) is 3.47. The number of nitrogens with one attached hydrogen (secondary N) is 1. The number of aromatic nitrogens is 2. The number of aldehydes is 1. The third-order valence-electron chi connectivity index (χ3n) is 6.98. The lowest BCUT2D eigenvalue weighted by Gasteiger charge is -2.29. The third-order valence-corrected chi connectivity index (χ3v) is 6.98. The smallest absolute Gasteiger partial charge is 0.328 e. The number of rotatable bonds is 9. The zero-order chi connectivity index (χ0) is 27.9. The van der Waals surface area contributed by atoms with Crippen LogP contribution in [-0.2, 0) is 33.7 Å². The number of urea groups is 1. The molecule has 0 bridgehead atoms. The molecule has 2 aromatic heterocycles. The molecule has 0 spiro atoms. The van der Waals surface area contributed by atoms with E-state index in [1.54, 1.807) is 25.1 Å². The number of pyridine rings is 2. The molecule has 2 aliphatic heterocycles. The summed E-state index contributed by atoms with van der Waals surface area (Å²) in [6.45, 7) is 3.79. The number of carbonyl (C=O) groups is 3. The van der Waals surface area contributed by atoms with Gasteiger partial charge in [-0.05, 0) is 61.3 Å². The molecule has 4 rings (SSSR count). The molecule has 3 amide bonds. The van der Waals surface area contributed by atoms with Crippen molar-refractivity contribution in [1.82, 2.24) is 14.9 Å². The van der Waals surface area contributed by atoms with Crippen LogP contribution in [0.5, 0.6) is 0 Å². The van der Waals surface area contributed by atoms with E-state index in [2.05, 4.69) is 21.4 Å². The third kappa shape index (κ3) is 6.58. The van der Waals surface area contributed by atoms with Gasteiger partial charge in [0.1, 0.15) is 29.5 Å². The Bertz CT molecular complexity index is 1270. The van der Waals surface area contributed by atoms with Gasteiger partial charge in [0.05, 0.1) is 5.56 Å². The number of carbonyl (C=O) groups excluding carboxylic acids is 3. The number of fused-ring (bicyclic) bond motifs is 1. The van der Waals surface area contributed by atoms with Crippen LogP contribution >= 0.6 is 0 Å². The van der Waals surface area contributed by atoms with Crippen LogP contribution < -0.4 is 10.2 Å². The SMILES string of the molecule is COC[C@@H](C)Cc1cc(NC(=O)N2CCCc3cc(CN(C)C(=O)[C@H]4CCCO4)c(C=O)nc32)ncc1C#N. The minimum Gasteiger partial charge on any atom is -0.384 e. The molecular weight excluding hydrogens is 500 g/mol. The van der Waals surface area contributed by atoms with E-state index in [0.717, 1.165) is 17.5 Å². The summed E-state index contributed by atoms with van der Waals surface area (Å²) in [6.07, 6.45) is 5.22. The number of hydrogen-bond donors (Lipinski definition) is 1. The number of hydrogen-bond acceptors (Lipinski definition) is 8. The van der Waals surface area contributed by atoms with Crippen LogP contribution in [0.15, 0.2) is 18.3 Å². The lowest BCUT2D eigenvalue weighted by atomic mass is 9.99. The van der Waals surface area contributed by atoms with E-state index >= 15 is 0 Å². The molecule has 2 aliphatic rings. The van der Waals surface area contributed by atoms with Crippen LogP contribution in [0.4, 0.5) is 16.4 Å². The van der Waals surface area contributed by atoms with Crippen LogP contribution in [0.3, 0.4) is 0 Å². The first-order valence-electron chi connectivity index (χ1n) is 13.2. The van der Waals surface area contributed by atoms with Gasteiger partial charge >= 0.3 is 6.03 Å². The Hall–Kier alpha value is -3.88. The topological polar surface area (TPSA) is 138 Å². The summed E-state index contributed by atoms with van der Waals surface area (Å²) >= 11 is 0. The molecule has 4 heterocycles. The standard InChI is InChI=1S/C28H34N6O5/c1-18(17-38-3)10-20-12-25(30-14-22(20)13-29)32-28(37)34-8-4-6-19-11-21(23(16-35)31-26(19)34)15-33(2)27(36)24-7-5-9-39-24/h11-12,14,16,18,24H,4-10,15,17H2,1-3H3,(H,30,32,37)/t18-,24+/m0/s1. The van der Waals surface area contributed by atoms with Crippen molar-refractivity contribution in [3.63, 3.8) is 0 Å². The number of methoxy groups -OCH3 is 1. The lowest BCUT2D eigenvalue weighted by molar-refractivity contribution is -0.140. The van der Waals surface area contributed by atoms with Crippen LogP contribution in [0.1, 0.15) is 58.9 Å². The maximum atomic E-state index is 13.3. The van der Waals surface area contributed by atoms with Gasteiger partial charge in [-0.2, -0.15) is 5.26 Å². The number of anilines is 2. The summed E-state index contributed by atoms with van der Waals surface area (Å²) in [4.78, 5) is 49.8. The normalized spacial score (nSPS) is 17.2. The van der Waals surface area contributed by atoms with E-state index in [1.165, 1.54) is 11.1 Å². The molecule has 0 saturated carbocycles. The van der Waals surface area contributed by atoms with Gasteiger partial charge in [-0.3, -0.25) is 19.8 Å². The second-order valence-electron chi connectivity index (χ2n) is 10.1. The molecule has 1 N–H and O–H groups in total. The largest absolute Gasteiger partial charge is 0.384 e. The first kappa shape index (κ1) is 28.1. The zero-order valence-electron chi connectivity index (χ0n) is 22.6. The second-order valence-corrected chi connectivity index (χ2v) is 10.1. The Morgan fingerprint density at radius 3 is 2.87 bits per heavy atom. The Morgan fingerprint density at radius 2 is 2.18 bits per heavy atom. The fourth-order valence-corrected chi connectivity index (χ4v) is 5.07. The summed E-state index contributed by atoms with van der Waals surface area (Å²) in [7, 11) is 3.32. The molecule has 0 aromatic carbocycles. The monoisotopic (exact) mass is 534 g/mol. The van der Waals surface area contributed by atoms with Gasteiger partial charge < -0.3 is 14.4 Å². The molecule has 0 unspecified atom stereocenters. The van der Waals surface area contributed by atoms with E-state index in [4.69, 9.17) is 9.47 Å². The van der Waals surface area contributed by atoms with Crippen molar-refractivity contribution in [3.8, 4) is 6.07 Å². The summed E-state index contributed by atoms with van der Waals surface area (Å²) in [5.41, 5.74) is 2.87.